The SMILES string of the molecule is CCOC(=O)C1CCCN(S(=O)(=O)CCO)C1. The Hall–Kier alpha value is -0.660. The van der Waals surface area contributed by atoms with Crippen LogP contribution in [0.15, 0.2) is 0 Å². The molecule has 1 unspecified atom stereocenters. The van der Waals surface area contributed by atoms with Crippen molar-refractivity contribution >= 4 is 16.0 Å². The molecule has 0 radical (unpaired) electrons. The van der Waals surface area contributed by atoms with Crippen molar-refractivity contribution in [2.45, 2.75) is 19.8 Å². The van der Waals surface area contributed by atoms with Crippen LogP contribution in [0.3, 0.4) is 0 Å². The van der Waals surface area contributed by atoms with Gasteiger partial charge in [-0.25, -0.2) is 12.7 Å². The van der Waals surface area contributed by atoms with Gasteiger partial charge < -0.3 is 9.84 Å². The lowest BCUT2D eigenvalue weighted by Crippen LogP contribution is -2.44. The van der Waals surface area contributed by atoms with Gasteiger partial charge in [0, 0.05) is 13.1 Å². The first-order valence-electron chi connectivity index (χ1n) is 5.76. The molecule has 100 valence electrons. The van der Waals surface area contributed by atoms with Gasteiger partial charge in [0.15, 0.2) is 0 Å². The van der Waals surface area contributed by atoms with Crippen LogP contribution < -0.4 is 0 Å². The number of carbonyl (C=O) groups excluding carboxylic acids is 1. The summed E-state index contributed by atoms with van der Waals surface area (Å²) in [6.07, 6.45) is 1.30. The van der Waals surface area contributed by atoms with Gasteiger partial charge in [0.2, 0.25) is 10.0 Å². The number of ether oxygens (including phenoxy) is 1. The largest absolute Gasteiger partial charge is 0.466 e. The number of aliphatic hydroxyl groups is 1. The third kappa shape index (κ3) is 3.93. The second-order valence-corrected chi connectivity index (χ2v) is 6.08. The van der Waals surface area contributed by atoms with E-state index in [0.29, 0.717) is 26.0 Å². The lowest BCUT2D eigenvalue weighted by molar-refractivity contribution is -0.149. The number of rotatable bonds is 5. The molecule has 0 amide bonds. The van der Waals surface area contributed by atoms with Gasteiger partial charge in [-0.3, -0.25) is 4.79 Å². The Morgan fingerprint density at radius 1 is 1.53 bits per heavy atom. The lowest BCUT2D eigenvalue weighted by atomic mass is 10.0. The molecule has 0 aromatic carbocycles. The van der Waals surface area contributed by atoms with Crippen LogP contribution in [0.4, 0.5) is 0 Å². The van der Waals surface area contributed by atoms with E-state index in [4.69, 9.17) is 9.84 Å². The van der Waals surface area contributed by atoms with Crippen molar-refractivity contribution < 1.29 is 23.1 Å². The molecule has 1 aliphatic rings. The Morgan fingerprint density at radius 2 is 2.24 bits per heavy atom. The maximum Gasteiger partial charge on any atom is 0.310 e. The Kier molecular flexibility index (Phi) is 5.35. The van der Waals surface area contributed by atoms with Crippen molar-refractivity contribution in [1.29, 1.82) is 0 Å². The zero-order valence-electron chi connectivity index (χ0n) is 9.96. The number of nitrogens with zero attached hydrogens (tertiary/aromatic N) is 1. The second-order valence-electron chi connectivity index (χ2n) is 3.99. The number of aliphatic hydroxyl groups excluding tert-OH is 1. The van der Waals surface area contributed by atoms with Crippen molar-refractivity contribution in [3.63, 3.8) is 0 Å². The summed E-state index contributed by atoms with van der Waals surface area (Å²) in [4.78, 5) is 11.5. The summed E-state index contributed by atoms with van der Waals surface area (Å²) >= 11 is 0. The number of sulfonamides is 1. The van der Waals surface area contributed by atoms with Gasteiger partial charge in [0.05, 0.1) is 24.9 Å². The minimum absolute atomic E-state index is 0.168. The summed E-state index contributed by atoms with van der Waals surface area (Å²) in [6, 6.07) is 0. The number of hydrogen-bond donors (Lipinski definition) is 1. The van der Waals surface area contributed by atoms with E-state index < -0.39 is 16.6 Å². The second kappa shape index (κ2) is 6.32. The van der Waals surface area contributed by atoms with Crippen LogP contribution in [-0.2, 0) is 19.6 Å². The zero-order valence-corrected chi connectivity index (χ0v) is 10.8. The van der Waals surface area contributed by atoms with Crippen LogP contribution in [0.25, 0.3) is 0 Å². The average Bonchev–Trinajstić information content (AvgIpc) is 2.29. The van der Waals surface area contributed by atoms with Crippen molar-refractivity contribution in [3.05, 3.63) is 0 Å². The Morgan fingerprint density at radius 3 is 2.82 bits per heavy atom. The van der Waals surface area contributed by atoms with E-state index in [1.807, 2.05) is 0 Å². The first-order valence-corrected chi connectivity index (χ1v) is 7.37. The summed E-state index contributed by atoms with van der Waals surface area (Å²) in [5.41, 5.74) is 0. The number of hydrogen-bond acceptors (Lipinski definition) is 5. The highest BCUT2D eigenvalue weighted by molar-refractivity contribution is 7.89. The molecule has 0 saturated carbocycles. The summed E-state index contributed by atoms with van der Waals surface area (Å²) in [5, 5.41) is 8.69. The highest BCUT2D eigenvalue weighted by Gasteiger charge is 2.32. The quantitative estimate of drug-likeness (QED) is 0.683. The van der Waals surface area contributed by atoms with Gasteiger partial charge in [0.1, 0.15) is 0 Å². The van der Waals surface area contributed by atoms with Crippen LogP contribution in [0, 0.1) is 5.92 Å². The third-order valence-corrected chi connectivity index (χ3v) is 4.56. The number of piperidine rings is 1. The van der Waals surface area contributed by atoms with Gasteiger partial charge >= 0.3 is 5.97 Å². The fourth-order valence-electron chi connectivity index (χ4n) is 1.89. The third-order valence-electron chi connectivity index (χ3n) is 2.75. The van der Waals surface area contributed by atoms with Crippen LogP contribution in [0.2, 0.25) is 0 Å². The van der Waals surface area contributed by atoms with Gasteiger partial charge in [-0.1, -0.05) is 0 Å². The molecular formula is C10H19NO5S. The van der Waals surface area contributed by atoms with Crippen LogP contribution in [0.5, 0.6) is 0 Å². The fourth-order valence-corrected chi connectivity index (χ4v) is 3.20. The molecule has 0 spiro atoms. The highest BCUT2D eigenvalue weighted by Crippen LogP contribution is 2.20. The van der Waals surface area contributed by atoms with Crippen LogP contribution >= 0.6 is 0 Å². The number of carbonyl (C=O) groups is 1. The van der Waals surface area contributed by atoms with Crippen LogP contribution in [0.1, 0.15) is 19.8 Å². The van der Waals surface area contributed by atoms with E-state index in [-0.39, 0.29) is 24.2 Å². The topological polar surface area (TPSA) is 83.9 Å². The molecule has 0 aromatic rings. The van der Waals surface area contributed by atoms with Gasteiger partial charge in [-0.05, 0) is 19.8 Å². The molecule has 1 heterocycles. The predicted octanol–water partition coefficient (Wildman–Crippen LogP) is -0.416. The Balaban J connectivity index is 2.63. The molecule has 1 rings (SSSR count). The molecule has 0 aromatic heterocycles. The minimum Gasteiger partial charge on any atom is -0.466 e. The van der Waals surface area contributed by atoms with E-state index in [0.717, 1.165) is 0 Å². The van der Waals surface area contributed by atoms with E-state index in [9.17, 15) is 13.2 Å². The fraction of sp³-hybridized carbons (Fsp3) is 0.900. The number of esters is 1. The summed E-state index contributed by atoms with van der Waals surface area (Å²) in [7, 11) is -3.44. The molecule has 17 heavy (non-hydrogen) atoms. The van der Waals surface area contributed by atoms with E-state index in [1.165, 1.54) is 4.31 Å². The molecule has 7 heteroatoms. The molecule has 1 aliphatic heterocycles. The molecule has 1 N–H and O–H groups in total. The normalized spacial score (nSPS) is 22.4. The summed E-state index contributed by atoms with van der Waals surface area (Å²) in [6.45, 7) is 2.21. The maximum absolute atomic E-state index is 11.7. The standard InChI is InChI=1S/C10H19NO5S/c1-2-16-10(13)9-4-3-5-11(8-9)17(14,15)7-6-12/h9,12H,2-8H2,1H3. The van der Waals surface area contributed by atoms with E-state index in [1.54, 1.807) is 6.92 Å². The smallest absolute Gasteiger partial charge is 0.310 e. The van der Waals surface area contributed by atoms with Crippen molar-refractivity contribution in [2.75, 3.05) is 32.1 Å². The molecule has 1 saturated heterocycles. The van der Waals surface area contributed by atoms with Crippen molar-refractivity contribution in [2.24, 2.45) is 5.92 Å². The molecule has 1 fully saturated rings. The maximum atomic E-state index is 11.7. The first-order chi connectivity index (χ1) is 8.01. The average molecular weight is 265 g/mol. The van der Waals surface area contributed by atoms with E-state index >= 15 is 0 Å². The zero-order chi connectivity index (χ0) is 12.9. The Labute approximate surface area is 102 Å². The first kappa shape index (κ1) is 14.4. The van der Waals surface area contributed by atoms with Gasteiger partial charge in [-0.2, -0.15) is 0 Å². The van der Waals surface area contributed by atoms with Crippen molar-refractivity contribution in [3.8, 4) is 0 Å². The predicted molar refractivity (Wildman–Crippen MR) is 61.8 cm³/mol. The van der Waals surface area contributed by atoms with Gasteiger partial charge in [0.25, 0.3) is 0 Å². The lowest BCUT2D eigenvalue weighted by Gasteiger charge is -2.30. The molecule has 6 nitrogen and oxygen atoms in total. The minimum atomic E-state index is -3.44. The summed E-state index contributed by atoms with van der Waals surface area (Å²) in [5.74, 6) is -1.00. The highest BCUT2D eigenvalue weighted by atomic mass is 32.2. The summed E-state index contributed by atoms with van der Waals surface area (Å²) < 4.78 is 29.6. The molecule has 0 aliphatic carbocycles. The van der Waals surface area contributed by atoms with Crippen molar-refractivity contribution in [1.82, 2.24) is 4.31 Å². The Bertz CT molecular complexity index is 354. The molecule has 0 bridgehead atoms. The molecular weight excluding hydrogens is 246 g/mol. The van der Waals surface area contributed by atoms with Crippen LogP contribution in [-0.4, -0.2) is 55.9 Å². The monoisotopic (exact) mass is 265 g/mol. The van der Waals surface area contributed by atoms with E-state index in [2.05, 4.69) is 0 Å². The molecule has 1 atom stereocenters. The van der Waals surface area contributed by atoms with Gasteiger partial charge in [-0.15, -0.1) is 0 Å².